The second-order valence-electron chi connectivity index (χ2n) is 5.02. The van der Waals surface area contributed by atoms with Gasteiger partial charge in [-0.2, -0.15) is 0 Å². The monoisotopic (exact) mass is 375 g/mol. The number of benzene rings is 1. The summed E-state index contributed by atoms with van der Waals surface area (Å²) in [4.78, 5) is 4.70. The van der Waals surface area contributed by atoms with Crippen molar-refractivity contribution >= 4 is 54.4 Å². The van der Waals surface area contributed by atoms with Crippen LogP contribution in [0.2, 0.25) is 5.02 Å². The zero-order chi connectivity index (χ0) is 12.8. The van der Waals surface area contributed by atoms with Gasteiger partial charge in [-0.05, 0) is 34.1 Å². The molecule has 90 valence electrons. The maximum absolute atomic E-state index is 6.33. The van der Waals surface area contributed by atoms with E-state index in [4.69, 9.17) is 16.6 Å². The van der Waals surface area contributed by atoms with Crippen LogP contribution in [0.4, 0.5) is 0 Å². The fourth-order valence-electron chi connectivity index (χ4n) is 1.60. The van der Waals surface area contributed by atoms with Crippen LogP contribution in [0.25, 0.3) is 10.9 Å². The molecule has 1 aromatic heterocycles. The van der Waals surface area contributed by atoms with Crippen LogP contribution in [0.5, 0.6) is 0 Å². The molecule has 1 nitrogen and oxygen atoms in total. The number of fused-ring (bicyclic) bond motifs is 1. The standard InChI is InChI=1S/C13H12Br2ClN/c1-13(2,3)11-6-10(16)8-4-7(14)5-9(15)12(8)17-11/h4-6H,1-3H3. The number of halogens is 3. The third-order valence-electron chi connectivity index (χ3n) is 2.55. The molecule has 0 fully saturated rings. The Hall–Kier alpha value is -0.120. The van der Waals surface area contributed by atoms with Crippen molar-refractivity contribution in [3.05, 3.63) is 37.9 Å². The molecule has 0 N–H and O–H groups in total. The maximum Gasteiger partial charge on any atom is 0.0863 e. The Morgan fingerprint density at radius 1 is 1.12 bits per heavy atom. The summed E-state index contributed by atoms with van der Waals surface area (Å²) in [6.07, 6.45) is 0. The van der Waals surface area contributed by atoms with E-state index in [0.29, 0.717) is 0 Å². The number of hydrogen-bond donors (Lipinski definition) is 0. The molecule has 0 saturated heterocycles. The SMILES string of the molecule is CC(C)(C)c1cc(Cl)c2cc(Br)cc(Br)c2n1. The molecule has 0 radical (unpaired) electrons. The van der Waals surface area contributed by atoms with Crippen LogP contribution in [0, 0.1) is 0 Å². The Morgan fingerprint density at radius 2 is 1.76 bits per heavy atom. The molecule has 0 atom stereocenters. The molecule has 0 amide bonds. The molecule has 17 heavy (non-hydrogen) atoms. The van der Waals surface area contributed by atoms with Gasteiger partial charge in [0.05, 0.1) is 10.5 Å². The zero-order valence-corrected chi connectivity index (χ0v) is 13.7. The molecular weight excluding hydrogens is 365 g/mol. The van der Waals surface area contributed by atoms with Crippen LogP contribution >= 0.6 is 43.5 Å². The van der Waals surface area contributed by atoms with E-state index in [1.807, 2.05) is 18.2 Å². The quantitative estimate of drug-likeness (QED) is 0.573. The van der Waals surface area contributed by atoms with E-state index in [0.717, 1.165) is 30.6 Å². The minimum atomic E-state index is -0.00958. The Labute approximate surface area is 123 Å². The van der Waals surface area contributed by atoms with Gasteiger partial charge >= 0.3 is 0 Å². The lowest BCUT2D eigenvalue weighted by Crippen LogP contribution is -2.13. The first kappa shape index (κ1) is 13.3. The van der Waals surface area contributed by atoms with E-state index < -0.39 is 0 Å². The summed E-state index contributed by atoms with van der Waals surface area (Å²) < 4.78 is 1.94. The highest BCUT2D eigenvalue weighted by Gasteiger charge is 2.18. The van der Waals surface area contributed by atoms with Gasteiger partial charge in [-0.15, -0.1) is 0 Å². The lowest BCUT2D eigenvalue weighted by molar-refractivity contribution is 0.571. The predicted molar refractivity (Wildman–Crippen MR) is 80.9 cm³/mol. The number of hydrogen-bond acceptors (Lipinski definition) is 1. The van der Waals surface area contributed by atoms with E-state index >= 15 is 0 Å². The highest BCUT2D eigenvalue weighted by atomic mass is 79.9. The van der Waals surface area contributed by atoms with Gasteiger partial charge in [0, 0.05) is 25.4 Å². The largest absolute Gasteiger partial charge is 0.251 e. The summed E-state index contributed by atoms with van der Waals surface area (Å²) in [5.74, 6) is 0. The zero-order valence-electron chi connectivity index (χ0n) is 9.81. The lowest BCUT2D eigenvalue weighted by Gasteiger charge is -2.19. The van der Waals surface area contributed by atoms with Crippen LogP contribution in [0.15, 0.2) is 27.1 Å². The lowest BCUT2D eigenvalue weighted by atomic mass is 9.91. The molecule has 0 spiro atoms. The summed E-state index contributed by atoms with van der Waals surface area (Å²) in [5.41, 5.74) is 1.90. The number of aromatic nitrogens is 1. The van der Waals surface area contributed by atoms with Crippen molar-refractivity contribution in [2.24, 2.45) is 0 Å². The van der Waals surface area contributed by atoms with Gasteiger partial charge in [0.25, 0.3) is 0 Å². The van der Waals surface area contributed by atoms with Gasteiger partial charge in [0.2, 0.25) is 0 Å². The van der Waals surface area contributed by atoms with E-state index in [1.54, 1.807) is 0 Å². The Morgan fingerprint density at radius 3 is 2.35 bits per heavy atom. The van der Waals surface area contributed by atoms with Gasteiger partial charge in [-0.1, -0.05) is 48.3 Å². The first-order valence-electron chi connectivity index (χ1n) is 5.25. The Bertz CT molecular complexity index is 588. The van der Waals surface area contributed by atoms with Crippen molar-refractivity contribution in [3.63, 3.8) is 0 Å². The summed E-state index contributed by atoms with van der Waals surface area (Å²) in [5, 5.41) is 1.70. The van der Waals surface area contributed by atoms with Gasteiger partial charge in [-0.3, -0.25) is 4.98 Å². The molecule has 0 bridgehead atoms. The first-order chi connectivity index (χ1) is 7.79. The van der Waals surface area contributed by atoms with E-state index in [2.05, 4.69) is 52.6 Å². The van der Waals surface area contributed by atoms with E-state index in [-0.39, 0.29) is 5.41 Å². The van der Waals surface area contributed by atoms with Gasteiger partial charge in [0.1, 0.15) is 0 Å². The van der Waals surface area contributed by atoms with Crippen molar-refractivity contribution in [1.29, 1.82) is 0 Å². The second-order valence-corrected chi connectivity index (χ2v) is 7.20. The third-order valence-corrected chi connectivity index (χ3v) is 3.92. The van der Waals surface area contributed by atoms with Crippen LogP contribution < -0.4 is 0 Å². The average molecular weight is 378 g/mol. The van der Waals surface area contributed by atoms with E-state index in [1.165, 1.54) is 0 Å². The fraction of sp³-hybridized carbons (Fsp3) is 0.308. The molecule has 0 aliphatic carbocycles. The smallest absolute Gasteiger partial charge is 0.0863 e. The minimum absolute atomic E-state index is 0.00958. The molecule has 0 unspecified atom stereocenters. The first-order valence-corrected chi connectivity index (χ1v) is 7.21. The van der Waals surface area contributed by atoms with Crippen molar-refractivity contribution in [3.8, 4) is 0 Å². The molecule has 1 heterocycles. The molecule has 0 saturated carbocycles. The fourth-order valence-corrected chi connectivity index (χ4v) is 3.16. The number of nitrogens with zero attached hydrogens (tertiary/aromatic N) is 1. The molecular formula is C13H12Br2ClN. The third kappa shape index (κ3) is 2.67. The van der Waals surface area contributed by atoms with Crippen molar-refractivity contribution in [1.82, 2.24) is 4.98 Å². The minimum Gasteiger partial charge on any atom is -0.251 e. The highest BCUT2D eigenvalue weighted by Crippen LogP contribution is 2.34. The van der Waals surface area contributed by atoms with Gasteiger partial charge in [0.15, 0.2) is 0 Å². The molecule has 2 aromatic rings. The normalized spacial score (nSPS) is 12.1. The van der Waals surface area contributed by atoms with Crippen LogP contribution in [0.1, 0.15) is 26.5 Å². The van der Waals surface area contributed by atoms with Crippen LogP contribution in [0.3, 0.4) is 0 Å². The Kier molecular flexibility index (Phi) is 3.54. The molecule has 4 heteroatoms. The summed E-state index contributed by atoms with van der Waals surface area (Å²) in [6, 6.07) is 5.92. The van der Waals surface area contributed by atoms with Crippen LogP contribution in [-0.4, -0.2) is 4.98 Å². The second kappa shape index (κ2) is 4.52. The predicted octanol–water partition coefficient (Wildman–Crippen LogP) is 5.71. The average Bonchev–Trinajstić information content (AvgIpc) is 2.17. The summed E-state index contributed by atoms with van der Waals surface area (Å²) >= 11 is 13.3. The van der Waals surface area contributed by atoms with Crippen molar-refractivity contribution in [2.45, 2.75) is 26.2 Å². The van der Waals surface area contributed by atoms with E-state index in [9.17, 15) is 0 Å². The topological polar surface area (TPSA) is 12.9 Å². The summed E-state index contributed by atoms with van der Waals surface area (Å²) in [6.45, 7) is 6.39. The molecule has 0 aliphatic rings. The molecule has 2 rings (SSSR count). The van der Waals surface area contributed by atoms with Gasteiger partial charge in [-0.25, -0.2) is 0 Å². The molecule has 0 aliphatic heterocycles. The highest BCUT2D eigenvalue weighted by molar-refractivity contribution is 9.11. The van der Waals surface area contributed by atoms with Crippen molar-refractivity contribution in [2.75, 3.05) is 0 Å². The van der Waals surface area contributed by atoms with Crippen LogP contribution in [-0.2, 0) is 5.41 Å². The summed E-state index contributed by atoms with van der Waals surface area (Å²) in [7, 11) is 0. The Balaban J connectivity index is 2.83. The van der Waals surface area contributed by atoms with Crippen molar-refractivity contribution < 1.29 is 0 Å². The maximum atomic E-state index is 6.33. The number of pyridine rings is 1. The number of rotatable bonds is 0. The van der Waals surface area contributed by atoms with Gasteiger partial charge < -0.3 is 0 Å². The molecule has 1 aromatic carbocycles.